The molecule has 0 aliphatic carbocycles. The van der Waals surface area contributed by atoms with E-state index in [-0.39, 0.29) is 0 Å². The maximum absolute atomic E-state index is 5.79. The van der Waals surface area contributed by atoms with Crippen LogP contribution in [-0.4, -0.2) is 9.97 Å². The third-order valence-corrected chi connectivity index (χ3v) is 2.36. The molecule has 15 heavy (non-hydrogen) atoms. The van der Waals surface area contributed by atoms with Gasteiger partial charge in [0, 0.05) is 12.6 Å². The quantitative estimate of drug-likeness (QED) is 0.725. The summed E-state index contributed by atoms with van der Waals surface area (Å²) in [6.45, 7) is 2.07. The van der Waals surface area contributed by atoms with Crippen LogP contribution in [0.5, 0.6) is 0 Å². The second-order valence-electron chi connectivity index (χ2n) is 3.46. The molecule has 0 spiro atoms. The van der Waals surface area contributed by atoms with E-state index in [2.05, 4.69) is 41.2 Å². The van der Waals surface area contributed by atoms with Gasteiger partial charge < -0.3 is 0 Å². The summed E-state index contributed by atoms with van der Waals surface area (Å²) in [7, 11) is 0. The van der Waals surface area contributed by atoms with Gasteiger partial charge in [-0.25, -0.2) is 9.97 Å². The van der Waals surface area contributed by atoms with Crippen LogP contribution in [0, 0.1) is 6.92 Å². The summed E-state index contributed by atoms with van der Waals surface area (Å²) in [5.74, 6) is 0.756. The average molecular weight is 219 g/mol. The molecule has 0 atom stereocenters. The van der Waals surface area contributed by atoms with E-state index in [0.29, 0.717) is 5.15 Å². The number of rotatable bonds is 2. The second-order valence-corrected chi connectivity index (χ2v) is 3.85. The van der Waals surface area contributed by atoms with Crippen molar-refractivity contribution < 1.29 is 0 Å². The Labute approximate surface area is 94.0 Å². The average Bonchev–Trinajstić information content (AvgIpc) is 2.22. The molecule has 0 fully saturated rings. The van der Waals surface area contributed by atoms with Gasteiger partial charge in [0.25, 0.3) is 0 Å². The molecular weight excluding hydrogens is 208 g/mol. The zero-order valence-electron chi connectivity index (χ0n) is 8.44. The molecule has 0 radical (unpaired) electrons. The molecule has 1 heterocycles. The van der Waals surface area contributed by atoms with E-state index in [1.807, 2.05) is 0 Å². The highest BCUT2D eigenvalue weighted by atomic mass is 35.5. The van der Waals surface area contributed by atoms with E-state index in [0.717, 1.165) is 12.2 Å². The second kappa shape index (κ2) is 4.41. The number of hydrogen-bond acceptors (Lipinski definition) is 2. The van der Waals surface area contributed by atoms with Gasteiger partial charge in [0.15, 0.2) is 0 Å². The topological polar surface area (TPSA) is 25.8 Å². The first-order valence-corrected chi connectivity index (χ1v) is 5.15. The third kappa shape index (κ3) is 2.77. The Morgan fingerprint density at radius 3 is 2.53 bits per heavy atom. The van der Waals surface area contributed by atoms with Crippen LogP contribution in [0.3, 0.4) is 0 Å². The van der Waals surface area contributed by atoms with E-state index in [4.69, 9.17) is 11.6 Å². The van der Waals surface area contributed by atoms with E-state index in [9.17, 15) is 0 Å². The van der Waals surface area contributed by atoms with Gasteiger partial charge in [0.05, 0.1) is 0 Å². The van der Waals surface area contributed by atoms with Crippen LogP contribution >= 0.6 is 11.6 Å². The molecule has 2 nitrogen and oxygen atoms in total. The molecule has 1 aromatic heterocycles. The molecule has 0 aliphatic rings. The molecule has 1 aromatic carbocycles. The van der Waals surface area contributed by atoms with Gasteiger partial charge in [-0.3, -0.25) is 0 Å². The first-order valence-electron chi connectivity index (χ1n) is 4.77. The summed E-state index contributed by atoms with van der Waals surface area (Å²) in [6, 6.07) is 10.0. The summed E-state index contributed by atoms with van der Waals surface area (Å²) in [6.07, 6.45) is 2.40. The standard InChI is InChI=1S/C12H11ClN2/c1-9-2-4-10(5-3-9)8-12-14-7-6-11(13)15-12/h2-7H,8H2,1H3. The maximum Gasteiger partial charge on any atom is 0.134 e. The molecular formula is C12H11ClN2. The molecule has 2 aromatic rings. The fourth-order valence-electron chi connectivity index (χ4n) is 1.35. The first-order chi connectivity index (χ1) is 7.24. The zero-order valence-corrected chi connectivity index (χ0v) is 9.20. The lowest BCUT2D eigenvalue weighted by Gasteiger charge is -2.01. The lowest BCUT2D eigenvalue weighted by atomic mass is 10.1. The van der Waals surface area contributed by atoms with Gasteiger partial charge in [-0.05, 0) is 18.6 Å². The smallest absolute Gasteiger partial charge is 0.134 e. The van der Waals surface area contributed by atoms with Crippen molar-refractivity contribution in [2.45, 2.75) is 13.3 Å². The van der Waals surface area contributed by atoms with Crippen molar-refractivity contribution in [1.29, 1.82) is 0 Å². The first kappa shape index (κ1) is 10.1. The molecule has 0 unspecified atom stereocenters. The number of aryl methyl sites for hydroxylation is 1. The summed E-state index contributed by atoms with van der Waals surface area (Å²) in [4.78, 5) is 8.31. The molecule has 3 heteroatoms. The monoisotopic (exact) mass is 218 g/mol. The predicted molar refractivity (Wildman–Crippen MR) is 61.0 cm³/mol. The Hall–Kier alpha value is -1.41. The normalized spacial score (nSPS) is 10.3. The number of halogens is 1. The Morgan fingerprint density at radius 1 is 1.13 bits per heavy atom. The number of hydrogen-bond donors (Lipinski definition) is 0. The van der Waals surface area contributed by atoms with Crippen LogP contribution in [0.1, 0.15) is 17.0 Å². The van der Waals surface area contributed by atoms with Crippen LogP contribution < -0.4 is 0 Å². The highest BCUT2D eigenvalue weighted by Crippen LogP contribution is 2.09. The fraction of sp³-hybridized carbons (Fsp3) is 0.167. The predicted octanol–water partition coefficient (Wildman–Crippen LogP) is 3.03. The molecule has 0 saturated heterocycles. The van der Waals surface area contributed by atoms with Crippen molar-refractivity contribution in [2.24, 2.45) is 0 Å². The number of aromatic nitrogens is 2. The van der Waals surface area contributed by atoms with Gasteiger partial charge >= 0.3 is 0 Å². The highest BCUT2D eigenvalue weighted by molar-refractivity contribution is 6.29. The van der Waals surface area contributed by atoms with E-state index < -0.39 is 0 Å². The Bertz CT molecular complexity index is 451. The lowest BCUT2D eigenvalue weighted by Crippen LogP contribution is -1.95. The molecule has 0 aliphatic heterocycles. The molecule has 76 valence electrons. The molecule has 0 N–H and O–H groups in total. The zero-order chi connectivity index (χ0) is 10.7. The Kier molecular flexibility index (Phi) is 2.97. The van der Waals surface area contributed by atoms with Gasteiger partial charge in [0.2, 0.25) is 0 Å². The van der Waals surface area contributed by atoms with Crippen molar-refractivity contribution >= 4 is 11.6 Å². The van der Waals surface area contributed by atoms with Crippen molar-refractivity contribution in [1.82, 2.24) is 9.97 Å². The van der Waals surface area contributed by atoms with Crippen LogP contribution in [-0.2, 0) is 6.42 Å². The lowest BCUT2D eigenvalue weighted by molar-refractivity contribution is 0.968. The summed E-state index contributed by atoms with van der Waals surface area (Å²) >= 11 is 5.79. The van der Waals surface area contributed by atoms with Gasteiger partial charge in [-0.15, -0.1) is 0 Å². The van der Waals surface area contributed by atoms with E-state index in [1.165, 1.54) is 11.1 Å². The minimum absolute atomic E-state index is 0.493. The summed E-state index contributed by atoms with van der Waals surface area (Å²) in [5.41, 5.74) is 2.45. The Morgan fingerprint density at radius 2 is 1.87 bits per heavy atom. The van der Waals surface area contributed by atoms with Crippen molar-refractivity contribution in [3.63, 3.8) is 0 Å². The molecule has 2 rings (SSSR count). The number of nitrogens with zero attached hydrogens (tertiary/aromatic N) is 2. The van der Waals surface area contributed by atoms with Gasteiger partial charge in [-0.2, -0.15) is 0 Å². The SMILES string of the molecule is Cc1ccc(Cc2nccc(Cl)n2)cc1. The molecule has 0 amide bonds. The highest BCUT2D eigenvalue weighted by Gasteiger charge is 1.99. The minimum atomic E-state index is 0.493. The van der Waals surface area contributed by atoms with Crippen LogP contribution in [0.15, 0.2) is 36.5 Å². The largest absolute Gasteiger partial charge is 0.241 e. The maximum atomic E-state index is 5.79. The number of benzene rings is 1. The van der Waals surface area contributed by atoms with Crippen LogP contribution in [0.2, 0.25) is 5.15 Å². The van der Waals surface area contributed by atoms with Crippen LogP contribution in [0.4, 0.5) is 0 Å². The van der Waals surface area contributed by atoms with Gasteiger partial charge in [-0.1, -0.05) is 41.4 Å². The fourth-order valence-corrected chi connectivity index (χ4v) is 1.50. The molecule has 0 bridgehead atoms. The van der Waals surface area contributed by atoms with E-state index in [1.54, 1.807) is 12.3 Å². The summed E-state index contributed by atoms with van der Waals surface area (Å²) < 4.78 is 0. The van der Waals surface area contributed by atoms with Gasteiger partial charge in [0.1, 0.15) is 11.0 Å². The van der Waals surface area contributed by atoms with Crippen molar-refractivity contribution in [2.75, 3.05) is 0 Å². The van der Waals surface area contributed by atoms with Crippen molar-refractivity contribution in [3.8, 4) is 0 Å². The third-order valence-electron chi connectivity index (χ3n) is 2.15. The molecule has 0 saturated carbocycles. The minimum Gasteiger partial charge on any atom is -0.241 e. The van der Waals surface area contributed by atoms with E-state index >= 15 is 0 Å². The Balaban J connectivity index is 2.18. The van der Waals surface area contributed by atoms with Crippen LogP contribution in [0.25, 0.3) is 0 Å². The van der Waals surface area contributed by atoms with Crippen molar-refractivity contribution in [3.05, 3.63) is 58.6 Å². The summed E-state index contributed by atoms with van der Waals surface area (Å²) in [5, 5.41) is 0.493.